The molecule has 0 aliphatic heterocycles. The van der Waals surface area contributed by atoms with Gasteiger partial charge in [-0.3, -0.25) is 0 Å². The molecule has 1 aromatic rings. The van der Waals surface area contributed by atoms with Crippen molar-refractivity contribution in [2.24, 2.45) is 5.41 Å². The molecular formula is C13H20FNO. The molecule has 16 heavy (non-hydrogen) atoms. The first-order chi connectivity index (χ1) is 7.34. The van der Waals surface area contributed by atoms with Crippen LogP contribution >= 0.6 is 0 Å². The highest BCUT2D eigenvalue weighted by Crippen LogP contribution is 2.25. The molecule has 2 nitrogen and oxygen atoms in total. The zero-order valence-electron chi connectivity index (χ0n) is 10.4. The van der Waals surface area contributed by atoms with Gasteiger partial charge in [0.1, 0.15) is 5.82 Å². The van der Waals surface area contributed by atoms with Gasteiger partial charge >= 0.3 is 0 Å². The molecule has 1 N–H and O–H groups in total. The van der Waals surface area contributed by atoms with Crippen LogP contribution in [0, 0.1) is 11.2 Å². The molecule has 1 atom stereocenters. The van der Waals surface area contributed by atoms with Crippen molar-refractivity contribution in [2.75, 3.05) is 18.5 Å². The van der Waals surface area contributed by atoms with Crippen LogP contribution in [0.15, 0.2) is 24.3 Å². The Morgan fingerprint density at radius 3 is 2.44 bits per heavy atom. The van der Waals surface area contributed by atoms with E-state index in [0.29, 0.717) is 12.2 Å². The number of hydrogen-bond acceptors (Lipinski definition) is 2. The summed E-state index contributed by atoms with van der Waals surface area (Å²) in [4.78, 5) is 1.84. The molecule has 1 rings (SSSR count). The molecule has 0 spiro atoms. The van der Waals surface area contributed by atoms with Crippen molar-refractivity contribution >= 4 is 5.69 Å². The Labute approximate surface area is 96.7 Å². The summed E-state index contributed by atoms with van der Waals surface area (Å²) >= 11 is 0. The lowest BCUT2D eigenvalue weighted by Crippen LogP contribution is -2.39. The summed E-state index contributed by atoms with van der Waals surface area (Å²) in [5.41, 5.74) is 0.299. The van der Waals surface area contributed by atoms with E-state index in [4.69, 9.17) is 0 Å². The molecule has 0 aromatic heterocycles. The molecule has 3 heteroatoms. The van der Waals surface area contributed by atoms with E-state index in [2.05, 4.69) is 0 Å². The number of nitrogens with zero attached hydrogens (tertiary/aromatic N) is 1. The molecule has 0 bridgehead atoms. The lowest BCUT2D eigenvalue weighted by Gasteiger charge is -2.34. The fourth-order valence-electron chi connectivity index (χ4n) is 1.59. The number of para-hydroxylation sites is 1. The molecular weight excluding hydrogens is 205 g/mol. The third kappa shape index (κ3) is 2.95. The predicted molar refractivity (Wildman–Crippen MR) is 65.1 cm³/mol. The van der Waals surface area contributed by atoms with Crippen LogP contribution in [0.2, 0.25) is 0 Å². The molecule has 90 valence electrons. The minimum atomic E-state index is -0.429. The topological polar surface area (TPSA) is 23.5 Å². The van der Waals surface area contributed by atoms with Crippen molar-refractivity contribution in [3.05, 3.63) is 30.1 Å². The minimum absolute atomic E-state index is 0.230. The van der Waals surface area contributed by atoms with Crippen LogP contribution < -0.4 is 4.90 Å². The lowest BCUT2D eigenvalue weighted by molar-refractivity contribution is 0.0717. The molecule has 1 aromatic carbocycles. The molecule has 0 aliphatic carbocycles. The van der Waals surface area contributed by atoms with Crippen LogP contribution in [0.1, 0.15) is 20.8 Å². The first kappa shape index (κ1) is 13.0. The van der Waals surface area contributed by atoms with E-state index >= 15 is 0 Å². The number of benzene rings is 1. The highest BCUT2D eigenvalue weighted by atomic mass is 19.1. The predicted octanol–water partition coefficient (Wildman–Crippen LogP) is 2.67. The van der Waals surface area contributed by atoms with E-state index in [-0.39, 0.29) is 11.2 Å². The van der Waals surface area contributed by atoms with Gasteiger partial charge in [0.15, 0.2) is 0 Å². The van der Waals surface area contributed by atoms with Gasteiger partial charge in [-0.05, 0) is 19.1 Å². The Bertz CT molecular complexity index is 350. The molecule has 0 aliphatic rings. The molecule has 0 radical (unpaired) electrons. The average molecular weight is 225 g/mol. The molecule has 0 heterocycles. The van der Waals surface area contributed by atoms with E-state index < -0.39 is 6.10 Å². The van der Waals surface area contributed by atoms with Crippen molar-refractivity contribution in [3.8, 4) is 0 Å². The molecule has 0 fully saturated rings. The second-order valence-corrected chi connectivity index (χ2v) is 4.97. The largest absolute Gasteiger partial charge is 0.393 e. The van der Waals surface area contributed by atoms with Crippen LogP contribution in [0.25, 0.3) is 0 Å². The van der Waals surface area contributed by atoms with E-state index in [1.54, 1.807) is 19.1 Å². The SMILES string of the molecule is CC(O)C(C)(C)CN(C)c1ccccc1F. The summed E-state index contributed by atoms with van der Waals surface area (Å²) in [6, 6.07) is 6.67. The van der Waals surface area contributed by atoms with Crippen molar-refractivity contribution in [2.45, 2.75) is 26.9 Å². The van der Waals surface area contributed by atoms with Gasteiger partial charge < -0.3 is 10.0 Å². The van der Waals surface area contributed by atoms with Gasteiger partial charge in [-0.25, -0.2) is 4.39 Å². The Morgan fingerprint density at radius 2 is 1.94 bits per heavy atom. The van der Waals surface area contributed by atoms with E-state index in [9.17, 15) is 9.50 Å². The second-order valence-electron chi connectivity index (χ2n) is 4.97. The third-order valence-corrected chi connectivity index (χ3v) is 3.04. The number of hydrogen-bond donors (Lipinski definition) is 1. The quantitative estimate of drug-likeness (QED) is 0.851. The lowest BCUT2D eigenvalue weighted by atomic mass is 9.87. The van der Waals surface area contributed by atoms with Gasteiger partial charge in [0.25, 0.3) is 0 Å². The number of aliphatic hydroxyl groups is 1. The fourth-order valence-corrected chi connectivity index (χ4v) is 1.59. The smallest absolute Gasteiger partial charge is 0.146 e. The highest BCUT2D eigenvalue weighted by Gasteiger charge is 2.26. The van der Waals surface area contributed by atoms with E-state index in [1.165, 1.54) is 6.07 Å². The highest BCUT2D eigenvalue weighted by molar-refractivity contribution is 5.46. The van der Waals surface area contributed by atoms with E-state index in [0.717, 1.165) is 0 Å². The summed E-state index contributed by atoms with van der Waals surface area (Å²) in [7, 11) is 1.84. The normalized spacial score (nSPS) is 13.6. The summed E-state index contributed by atoms with van der Waals surface area (Å²) in [6.07, 6.45) is -0.429. The van der Waals surface area contributed by atoms with Crippen LogP contribution in [0.5, 0.6) is 0 Å². The summed E-state index contributed by atoms with van der Waals surface area (Å²) < 4.78 is 13.5. The van der Waals surface area contributed by atoms with Gasteiger partial charge in [0.2, 0.25) is 0 Å². The van der Waals surface area contributed by atoms with Crippen LogP contribution in [0.3, 0.4) is 0 Å². The van der Waals surface area contributed by atoms with Gasteiger partial charge in [-0.1, -0.05) is 26.0 Å². The first-order valence-corrected chi connectivity index (χ1v) is 5.48. The maximum Gasteiger partial charge on any atom is 0.146 e. The molecule has 0 saturated heterocycles. The number of anilines is 1. The van der Waals surface area contributed by atoms with Gasteiger partial charge in [0, 0.05) is 19.0 Å². The Balaban J connectivity index is 2.81. The van der Waals surface area contributed by atoms with Crippen molar-refractivity contribution in [1.82, 2.24) is 0 Å². The van der Waals surface area contributed by atoms with Crippen molar-refractivity contribution in [3.63, 3.8) is 0 Å². The zero-order valence-corrected chi connectivity index (χ0v) is 10.4. The Hall–Kier alpha value is -1.09. The zero-order chi connectivity index (χ0) is 12.3. The monoisotopic (exact) mass is 225 g/mol. The molecule has 0 saturated carbocycles. The van der Waals surface area contributed by atoms with Crippen LogP contribution in [-0.2, 0) is 0 Å². The molecule has 1 unspecified atom stereocenters. The van der Waals surface area contributed by atoms with Crippen molar-refractivity contribution in [1.29, 1.82) is 0 Å². The maximum absolute atomic E-state index is 13.5. The van der Waals surface area contributed by atoms with Gasteiger partial charge in [-0.2, -0.15) is 0 Å². The average Bonchev–Trinajstić information content (AvgIpc) is 2.17. The molecule has 0 amide bonds. The maximum atomic E-state index is 13.5. The Morgan fingerprint density at radius 1 is 1.38 bits per heavy atom. The summed E-state index contributed by atoms with van der Waals surface area (Å²) in [6.45, 7) is 6.30. The summed E-state index contributed by atoms with van der Waals surface area (Å²) in [5, 5.41) is 9.62. The number of rotatable bonds is 4. The van der Waals surface area contributed by atoms with Gasteiger partial charge in [0.05, 0.1) is 11.8 Å². The summed E-state index contributed by atoms with van der Waals surface area (Å²) in [5.74, 6) is -0.230. The standard InChI is InChI=1S/C13H20FNO/c1-10(16)13(2,3)9-15(4)12-8-6-5-7-11(12)14/h5-8,10,16H,9H2,1-4H3. The van der Waals surface area contributed by atoms with Crippen LogP contribution in [-0.4, -0.2) is 24.8 Å². The van der Waals surface area contributed by atoms with Crippen molar-refractivity contribution < 1.29 is 9.50 Å². The van der Waals surface area contributed by atoms with E-state index in [1.807, 2.05) is 31.9 Å². The van der Waals surface area contributed by atoms with Crippen LogP contribution in [0.4, 0.5) is 10.1 Å². The first-order valence-electron chi connectivity index (χ1n) is 5.48. The Kier molecular flexibility index (Phi) is 3.92. The third-order valence-electron chi connectivity index (χ3n) is 3.04. The number of aliphatic hydroxyl groups excluding tert-OH is 1. The fraction of sp³-hybridized carbons (Fsp3) is 0.538. The minimum Gasteiger partial charge on any atom is -0.393 e. The number of halogens is 1. The second kappa shape index (κ2) is 4.83. The van der Waals surface area contributed by atoms with Gasteiger partial charge in [-0.15, -0.1) is 0 Å².